The lowest BCUT2D eigenvalue weighted by Crippen LogP contribution is -2.50. The molecule has 1 aromatic rings. The molecule has 0 bridgehead atoms. The number of benzene rings is 1. The van der Waals surface area contributed by atoms with E-state index in [1.54, 1.807) is 0 Å². The van der Waals surface area contributed by atoms with Gasteiger partial charge in [-0.05, 0) is 51.7 Å². The minimum absolute atomic E-state index is 0.0185. The minimum Gasteiger partial charge on any atom is -0.493 e. The Morgan fingerprint density at radius 2 is 1.88 bits per heavy atom. The molecule has 0 aromatic heterocycles. The van der Waals surface area contributed by atoms with Gasteiger partial charge in [-0.15, -0.1) is 0 Å². The van der Waals surface area contributed by atoms with Gasteiger partial charge in [-0.2, -0.15) is 0 Å². The third-order valence-corrected chi connectivity index (χ3v) is 6.81. The molecule has 1 aliphatic carbocycles. The monoisotopic (exact) mass is 443 g/mol. The van der Waals surface area contributed by atoms with Gasteiger partial charge in [0.25, 0.3) is 0 Å². The van der Waals surface area contributed by atoms with Crippen molar-refractivity contribution in [1.82, 2.24) is 9.80 Å². The van der Waals surface area contributed by atoms with E-state index in [4.69, 9.17) is 4.74 Å². The topological polar surface area (TPSA) is 79.0 Å². The summed E-state index contributed by atoms with van der Waals surface area (Å²) in [5, 5.41) is 2.88. The molecule has 3 rings (SSSR count). The lowest BCUT2D eigenvalue weighted by Gasteiger charge is -2.39. The zero-order valence-electron chi connectivity index (χ0n) is 19.7. The van der Waals surface area contributed by atoms with Crippen LogP contribution in [-0.4, -0.2) is 60.3 Å². The minimum atomic E-state index is -0.0973. The lowest BCUT2D eigenvalue weighted by molar-refractivity contribution is -0.142. The summed E-state index contributed by atoms with van der Waals surface area (Å²) in [6.45, 7) is 5.87. The first-order valence-electron chi connectivity index (χ1n) is 12.0. The van der Waals surface area contributed by atoms with Crippen molar-refractivity contribution in [3.05, 3.63) is 23.8 Å². The average Bonchev–Trinajstić information content (AvgIpc) is 2.81. The number of rotatable bonds is 9. The van der Waals surface area contributed by atoms with Crippen molar-refractivity contribution in [1.29, 1.82) is 0 Å². The van der Waals surface area contributed by atoms with Gasteiger partial charge < -0.3 is 19.9 Å². The zero-order valence-corrected chi connectivity index (χ0v) is 19.7. The number of nitrogens with one attached hydrogen (secondary N) is 1. The number of fused-ring (bicyclic) bond motifs is 1. The quantitative estimate of drug-likeness (QED) is 0.592. The highest BCUT2D eigenvalue weighted by Gasteiger charge is 2.36. The van der Waals surface area contributed by atoms with Gasteiger partial charge in [0.1, 0.15) is 5.75 Å². The lowest BCUT2D eigenvalue weighted by atomic mass is 9.82. The van der Waals surface area contributed by atoms with Gasteiger partial charge >= 0.3 is 0 Å². The Bertz CT molecular complexity index is 821. The van der Waals surface area contributed by atoms with Gasteiger partial charge in [-0.1, -0.05) is 18.9 Å². The van der Waals surface area contributed by atoms with E-state index in [1.165, 1.54) is 0 Å². The van der Waals surface area contributed by atoms with Crippen LogP contribution >= 0.6 is 0 Å². The number of amides is 3. The van der Waals surface area contributed by atoms with Gasteiger partial charge in [0, 0.05) is 50.3 Å². The van der Waals surface area contributed by atoms with Crippen LogP contribution in [-0.2, 0) is 20.8 Å². The summed E-state index contributed by atoms with van der Waals surface area (Å²) >= 11 is 0. The third kappa shape index (κ3) is 5.61. The summed E-state index contributed by atoms with van der Waals surface area (Å²) in [5.74, 6) is 0.966. The van der Waals surface area contributed by atoms with Crippen LogP contribution in [0, 0.1) is 5.92 Å². The molecule has 2 atom stereocenters. The smallest absolute Gasteiger partial charge is 0.227 e. The molecular formula is C25H37N3O4. The Kier molecular flexibility index (Phi) is 8.53. The third-order valence-electron chi connectivity index (χ3n) is 6.81. The van der Waals surface area contributed by atoms with Crippen LogP contribution in [0.2, 0.25) is 0 Å². The molecule has 1 N–H and O–H groups in total. The maximum atomic E-state index is 13.0. The summed E-state index contributed by atoms with van der Waals surface area (Å²) in [7, 11) is 1.85. The van der Waals surface area contributed by atoms with E-state index in [0.717, 1.165) is 42.7 Å². The van der Waals surface area contributed by atoms with E-state index < -0.39 is 0 Å². The predicted molar refractivity (Wildman–Crippen MR) is 125 cm³/mol. The molecule has 0 radical (unpaired) electrons. The second-order valence-electron chi connectivity index (χ2n) is 8.76. The van der Waals surface area contributed by atoms with Crippen LogP contribution in [0.4, 0.5) is 5.69 Å². The summed E-state index contributed by atoms with van der Waals surface area (Å²) in [4.78, 5) is 41.2. The van der Waals surface area contributed by atoms with Gasteiger partial charge in [0.05, 0.1) is 12.5 Å². The van der Waals surface area contributed by atoms with Crippen molar-refractivity contribution < 1.29 is 19.1 Å². The molecule has 2 aliphatic rings. The van der Waals surface area contributed by atoms with E-state index in [1.807, 2.05) is 48.9 Å². The van der Waals surface area contributed by atoms with Gasteiger partial charge in [-0.25, -0.2) is 0 Å². The Morgan fingerprint density at radius 3 is 2.62 bits per heavy atom. The van der Waals surface area contributed by atoms with E-state index in [9.17, 15) is 14.4 Å². The summed E-state index contributed by atoms with van der Waals surface area (Å²) in [6.07, 6.45) is 5.99. The first kappa shape index (κ1) is 24.1. The van der Waals surface area contributed by atoms with Crippen molar-refractivity contribution >= 4 is 23.4 Å². The van der Waals surface area contributed by atoms with E-state index in [-0.39, 0.29) is 29.7 Å². The highest BCUT2D eigenvalue weighted by atomic mass is 16.5. The van der Waals surface area contributed by atoms with Crippen LogP contribution in [0.3, 0.4) is 0 Å². The van der Waals surface area contributed by atoms with Gasteiger partial charge in [0.2, 0.25) is 17.7 Å². The molecule has 0 saturated heterocycles. The molecule has 1 fully saturated rings. The first-order valence-corrected chi connectivity index (χ1v) is 12.0. The fourth-order valence-electron chi connectivity index (χ4n) is 4.93. The Labute approximate surface area is 191 Å². The first-order chi connectivity index (χ1) is 15.5. The van der Waals surface area contributed by atoms with Crippen molar-refractivity contribution in [2.24, 2.45) is 5.92 Å². The predicted octanol–water partition coefficient (Wildman–Crippen LogP) is 3.62. The molecule has 176 valence electrons. The van der Waals surface area contributed by atoms with E-state index >= 15 is 0 Å². The average molecular weight is 444 g/mol. The van der Waals surface area contributed by atoms with E-state index in [2.05, 4.69) is 5.32 Å². The Balaban J connectivity index is 1.52. The molecule has 7 nitrogen and oxygen atoms in total. The molecule has 32 heavy (non-hydrogen) atoms. The van der Waals surface area contributed by atoms with Crippen molar-refractivity contribution in [3.63, 3.8) is 0 Å². The molecule has 1 aliphatic heterocycles. The van der Waals surface area contributed by atoms with Gasteiger partial charge in [0.15, 0.2) is 0 Å². The van der Waals surface area contributed by atoms with Crippen LogP contribution in [0.25, 0.3) is 0 Å². The molecular weight excluding hydrogens is 406 g/mol. The second kappa shape index (κ2) is 11.3. The maximum Gasteiger partial charge on any atom is 0.227 e. The number of anilines is 1. The number of carbonyl (C=O) groups is 3. The van der Waals surface area contributed by atoms with Crippen LogP contribution < -0.4 is 10.1 Å². The standard InChI is InChI=1S/C25H37N3O4/c1-4-28(5-2)25(31)19-10-6-7-12-21(19)27(3)24(30)14-9-17-32-22-13-8-11-20-18(22)15-16-23(29)26-20/h8,11,13,19,21H,4-7,9-10,12,14-17H2,1-3H3,(H,26,29). The Morgan fingerprint density at radius 1 is 1.12 bits per heavy atom. The summed E-state index contributed by atoms with van der Waals surface area (Å²) in [5.41, 5.74) is 1.84. The fraction of sp³-hybridized carbons (Fsp3) is 0.640. The van der Waals surface area contributed by atoms with Crippen molar-refractivity contribution in [3.8, 4) is 5.75 Å². The van der Waals surface area contributed by atoms with Crippen LogP contribution in [0.1, 0.15) is 64.4 Å². The molecule has 2 unspecified atom stereocenters. The van der Waals surface area contributed by atoms with Crippen molar-refractivity contribution in [2.75, 3.05) is 32.1 Å². The highest BCUT2D eigenvalue weighted by Crippen LogP contribution is 2.32. The molecule has 1 aromatic carbocycles. The van der Waals surface area contributed by atoms with Gasteiger partial charge in [-0.3, -0.25) is 14.4 Å². The molecule has 7 heteroatoms. The fourth-order valence-corrected chi connectivity index (χ4v) is 4.93. The number of carbonyl (C=O) groups excluding carboxylic acids is 3. The molecule has 1 heterocycles. The summed E-state index contributed by atoms with van der Waals surface area (Å²) < 4.78 is 5.95. The largest absolute Gasteiger partial charge is 0.493 e. The molecule has 0 spiro atoms. The summed E-state index contributed by atoms with van der Waals surface area (Å²) in [6, 6.07) is 5.65. The van der Waals surface area contributed by atoms with E-state index in [0.29, 0.717) is 45.4 Å². The second-order valence-corrected chi connectivity index (χ2v) is 8.76. The molecule has 1 saturated carbocycles. The number of ether oxygens (including phenoxy) is 1. The molecule has 3 amide bonds. The number of hydrogen-bond donors (Lipinski definition) is 1. The normalized spacial score (nSPS) is 20.2. The number of nitrogens with zero attached hydrogens (tertiary/aromatic N) is 2. The Hall–Kier alpha value is -2.57. The SMILES string of the molecule is CCN(CC)C(=O)C1CCCCC1N(C)C(=O)CCCOc1cccc2c1CCC(=O)N2. The van der Waals surface area contributed by atoms with Crippen LogP contribution in [0.15, 0.2) is 18.2 Å². The van der Waals surface area contributed by atoms with Crippen LogP contribution in [0.5, 0.6) is 5.75 Å². The number of hydrogen-bond acceptors (Lipinski definition) is 4. The maximum absolute atomic E-state index is 13.0. The highest BCUT2D eigenvalue weighted by molar-refractivity contribution is 5.94. The zero-order chi connectivity index (χ0) is 23.1. The van der Waals surface area contributed by atoms with Crippen molar-refractivity contribution in [2.45, 2.75) is 71.3 Å².